The van der Waals surface area contributed by atoms with Crippen LogP contribution in [0.4, 0.5) is 4.39 Å². The van der Waals surface area contributed by atoms with E-state index in [-0.39, 0.29) is 30.7 Å². The summed E-state index contributed by atoms with van der Waals surface area (Å²) in [5, 5.41) is 2.63. The molecule has 3 N–H and O–H groups in total. The minimum absolute atomic E-state index is 0. The summed E-state index contributed by atoms with van der Waals surface area (Å²) in [4.78, 5) is 11.4. The van der Waals surface area contributed by atoms with Crippen LogP contribution in [0.2, 0.25) is 0 Å². The topological polar surface area (TPSA) is 64.3 Å². The third kappa shape index (κ3) is 5.44. The van der Waals surface area contributed by atoms with Crippen molar-refractivity contribution in [1.29, 1.82) is 0 Å². The molecule has 1 amide bonds. The first-order valence-corrected chi connectivity index (χ1v) is 5.40. The van der Waals surface area contributed by atoms with Crippen molar-refractivity contribution >= 4 is 18.3 Å². The zero-order valence-corrected chi connectivity index (χ0v) is 11.0. The second-order valence-electron chi connectivity index (χ2n) is 3.69. The molecule has 1 atom stereocenters. The van der Waals surface area contributed by atoms with Gasteiger partial charge in [0, 0.05) is 13.7 Å². The highest BCUT2D eigenvalue weighted by atomic mass is 35.5. The summed E-state index contributed by atoms with van der Waals surface area (Å²) in [5.41, 5.74) is 6.10. The number of halogens is 2. The van der Waals surface area contributed by atoms with Crippen molar-refractivity contribution in [1.82, 2.24) is 5.32 Å². The highest BCUT2D eigenvalue weighted by Gasteiger charge is 2.12. The molecule has 102 valence electrons. The van der Waals surface area contributed by atoms with Gasteiger partial charge in [0.2, 0.25) is 5.91 Å². The molecule has 0 aliphatic rings. The van der Waals surface area contributed by atoms with E-state index in [0.717, 1.165) is 0 Å². The van der Waals surface area contributed by atoms with Crippen LogP contribution in [0.5, 0.6) is 0 Å². The first-order chi connectivity index (χ1) is 8.15. The fourth-order valence-corrected chi connectivity index (χ4v) is 1.41. The summed E-state index contributed by atoms with van der Waals surface area (Å²) < 4.78 is 18.0. The minimum Gasteiger partial charge on any atom is -0.383 e. The fourth-order valence-electron chi connectivity index (χ4n) is 1.41. The van der Waals surface area contributed by atoms with Gasteiger partial charge in [0.05, 0.1) is 6.61 Å². The van der Waals surface area contributed by atoms with E-state index < -0.39 is 6.04 Å². The number of nitrogens with two attached hydrogens (primary N) is 1. The Bertz CT molecular complexity index is 377. The van der Waals surface area contributed by atoms with Gasteiger partial charge in [0.1, 0.15) is 11.9 Å². The molecule has 0 fully saturated rings. The number of carbonyl (C=O) groups is 1. The number of methoxy groups -OCH3 is 1. The molecule has 0 aromatic heterocycles. The number of carbonyl (C=O) groups excluding carboxylic acids is 1. The van der Waals surface area contributed by atoms with E-state index >= 15 is 0 Å². The zero-order chi connectivity index (χ0) is 12.7. The maximum atomic E-state index is 13.2. The summed E-state index contributed by atoms with van der Waals surface area (Å²) in [6, 6.07) is 5.80. The van der Waals surface area contributed by atoms with Crippen LogP contribution in [0, 0.1) is 5.82 Å². The lowest BCUT2D eigenvalue weighted by molar-refractivity contribution is -0.123. The van der Waals surface area contributed by atoms with Gasteiger partial charge in [-0.2, -0.15) is 0 Å². The van der Waals surface area contributed by atoms with Crippen LogP contribution < -0.4 is 11.1 Å². The molecule has 0 aliphatic carbocycles. The van der Waals surface area contributed by atoms with E-state index in [1.807, 2.05) is 0 Å². The molecule has 18 heavy (non-hydrogen) atoms. The molecular formula is C12H18ClFN2O2. The fraction of sp³-hybridized carbons (Fsp3) is 0.417. The third-order valence-electron chi connectivity index (χ3n) is 2.33. The number of nitrogens with one attached hydrogen (secondary N) is 1. The van der Waals surface area contributed by atoms with Crippen molar-refractivity contribution < 1.29 is 13.9 Å². The van der Waals surface area contributed by atoms with Crippen molar-refractivity contribution in [2.24, 2.45) is 5.73 Å². The van der Waals surface area contributed by atoms with Crippen LogP contribution in [0.3, 0.4) is 0 Å². The number of ether oxygens (including phenoxy) is 1. The van der Waals surface area contributed by atoms with Gasteiger partial charge in [0.15, 0.2) is 0 Å². The average Bonchev–Trinajstić information content (AvgIpc) is 2.31. The van der Waals surface area contributed by atoms with E-state index in [0.29, 0.717) is 18.5 Å². The largest absolute Gasteiger partial charge is 0.383 e. The molecule has 6 heteroatoms. The highest BCUT2D eigenvalue weighted by molar-refractivity contribution is 5.85. The quantitative estimate of drug-likeness (QED) is 0.811. The molecule has 1 aromatic carbocycles. The Morgan fingerprint density at radius 1 is 1.50 bits per heavy atom. The molecule has 1 rings (SSSR count). The third-order valence-corrected chi connectivity index (χ3v) is 2.33. The molecule has 0 spiro atoms. The predicted molar refractivity (Wildman–Crippen MR) is 70.2 cm³/mol. The lowest BCUT2D eigenvalue weighted by Gasteiger charge is -2.11. The molecule has 1 unspecified atom stereocenters. The van der Waals surface area contributed by atoms with Crippen LogP contribution in [-0.4, -0.2) is 32.2 Å². The van der Waals surface area contributed by atoms with Crippen LogP contribution in [0.15, 0.2) is 24.3 Å². The number of amides is 1. The van der Waals surface area contributed by atoms with E-state index in [1.54, 1.807) is 18.2 Å². The summed E-state index contributed by atoms with van der Waals surface area (Å²) in [7, 11) is 1.48. The lowest BCUT2D eigenvalue weighted by Crippen LogP contribution is -2.44. The SMILES string of the molecule is COCC(N)C(=O)NCCc1ccccc1F.Cl. The summed E-state index contributed by atoms with van der Waals surface area (Å²) in [5.74, 6) is -0.550. The smallest absolute Gasteiger partial charge is 0.239 e. The Morgan fingerprint density at radius 2 is 2.17 bits per heavy atom. The van der Waals surface area contributed by atoms with Gasteiger partial charge in [0.25, 0.3) is 0 Å². The Kier molecular flexibility index (Phi) is 8.28. The predicted octanol–water partition coefficient (Wildman–Crippen LogP) is 0.880. The van der Waals surface area contributed by atoms with Crippen molar-refractivity contribution in [2.75, 3.05) is 20.3 Å². The van der Waals surface area contributed by atoms with Gasteiger partial charge in [-0.15, -0.1) is 12.4 Å². The van der Waals surface area contributed by atoms with Crippen LogP contribution in [0.1, 0.15) is 5.56 Å². The van der Waals surface area contributed by atoms with Gasteiger partial charge in [-0.3, -0.25) is 4.79 Å². The van der Waals surface area contributed by atoms with Crippen molar-refractivity contribution in [3.05, 3.63) is 35.6 Å². The van der Waals surface area contributed by atoms with Gasteiger partial charge < -0.3 is 15.8 Å². The Labute approximate surface area is 112 Å². The Balaban J connectivity index is 0.00000289. The zero-order valence-electron chi connectivity index (χ0n) is 10.2. The summed E-state index contributed by atoms with van der Waals surface area (Å²) in [6.07, 6.45) is 0.443. The number of hydrogen-bond donors (Lipinski definition) is 2. The van der Waals surface area contributed by atoms with Gasteiger partial charge in [-0.1, -0.05) is 18.2 Å². The maximum absolute atomic E-state index is 13.2. The molecule has 0 radical (unpaired) electrons. The van der Waals surface area contributed by atoms with Crippen LogP contribution in [-0.2, 0) is 16.0 Å². The molecule has 1 aromatic rings. The lowest BCUT2D eigenvalue weighted by atomic mass is 10.1. The molecule has 0 bridgehead atoms. The Morgan fingerprint density at radius 3 is 2.78 bits per heavy atom. The first kappa shape index (κ1) is 16.8. The Hall–Kier alpha value is -1.17. The van der Waals surface area contributed by atoms with Crippen molar-refractivity contribution in [3.63, 3.8) is 0 Å². The second-order valence-corrected chi connectivity index (χ2v) is 3.69. The normalized spacial score (nSPS) is 11.5. The van der Waals surface area contributed by atoms with Gasteiger partial charge in [-0.25, -0.2) is 4.39 Å². The molecule has 0 saturated carbocycles. The second kappa shape index (κ2) is 8.85. The van der Waals surface area contributed by atoms with E-state index in [4.69, 9.17) is 10.5 Å². The monoisotopic (exact) mass is 276 g/mol. The molecular weight excluding hydrogens is 259 g/mol. The summed E-state index contributed by atoms with van der Waals surface area (Å²) in [6.45, 7) is 0.530. The number of benzene rings is 1. The van der Waals surface area contributed by atoms with Gasteiger partial charge >= 0.3 is 0 Å². The molecule has 0 saturated heterocycles. The molecule has 0 aliphatic heterocycles. The number of hydrogen-bond acceptors (Lipinski definition) is 3. The summed E-state index contributed by atoms with van der Waals surface area (Å²) >= 11 is 0. The van der Waals surface area contributed by atoms with Crippen LogP contribution >= 0.6 is 12.4 Å². The maximum Gasteiger partial charge on any atom is 0.239 e. The molecule has 0 heterocycles. The molecule has 4 nitrogen and oxygen atoms in total. The van der Waals surface area contributed by atoms with E-state index in [2.05, 4.69) is 5.32 Å². The van der Waals surface area contributed by atoms with E-state index in [1.165, 1.54) is 13.2 Å². The van der Waals surface area contributed by atoms with E-state index in [9.17, 15) is 9.18 Å². The minimum atomic E-state index is -0.680. The van der Waals surface area contributed by atoms with Crippen molar-refractivity contribution in [2.45, 2.75) is 12.5 Å². The number of rotatable bonds is 6. The first-order valence-electron chi connectivity index (χ1n) is 5.40. The van der Waals surface area contributed by atoms with Crippen molar-refractivity contribution in [3.8, 4) is 0 Å². The average molecular weight is 277 g/mol. The standard InChI is InChI=1S/C12H17FN2O2.ClH/c1-17-8-11(14)12(16)15-7-6-9-4-2-3-5-10(9)13;/h2-5,11H,6-8,14H2,1H3,(H,15,16);1H. The highest BCUT2D eigenvalue weighted by Crippen LogP contribution is 2.06. The van der Waals surface area contributed by atoms with Crippen LogP contribution in [0.25, 0.3) is 0 Å². The van der Waals surface area contributed by atoms with Gasteiger partial charge in [-0.05, 0) is 18.1 Å².